The molecule has 1 fully saturated rings. The maximum atomic E-state index is 12.2. The van der Waals surface area contributed by atoms with Crippen molar-refractivity contribution in [2.75, 3.05) is 12.4 Å². The molecule has 3 rings (SSSR count). The zero-order valence-electron chi connectivity index (χ0n) is 15.0. The maximum absolute atomic E-state index is 12.2. The number of carbonyl (C=O) groups excluding carboxylic acids is 1. The number of benzene rings is 1. The summed E-state index contributed by atoms with van der Waals surface area (Å²) in [7, 11) is 1.64. The Balaban J connectivity index is 1.76. The number of thiazole rings is 1. The molecule has 0 saturated carbocycles. The highest BCUT2D eigenvalue weighted by Crippen LogP contribution is 2.44. The first kappa shape index (κ1) is 17.7. The Hall–Kier alpha value is -2.08. The molecule has 1 saturated heterocycles. The fourth-order valence-electron chi connectivity index (χ4n) is 3.24. The lowest BCUT2D eigenvalue weighted by atomic mass is 9.89. The number of hydrogen-bond donors (Lipinski definition) is 1. The molecule has 0 amide bonds. The van der Waals surface area contributed by atoms with Gasteiger partial charge in [-0.05, 0) is 31.4 Å². The van der Waals surface area contributed by atoms with E-state index in [4.69, 9.17) is 9.47 Å². The average molecular weight is 360 g/mol. The minimum atomic E-state index is -0.588. The van der Waals surface area contributed by atoms with Gasteiger partial charge in [-0.15, -0.1) is 0 Å². The van der Waals surface area contributed by atoms with Crippen LogP contribution in [-0.2, 0) is 15.1 Å². The van der Waals surface area contributed by atoms with Gasteiger partial charge >= 0.3 is 5.97 Å². The molecule has 1 N–H and O–H groups in total. The molecule has 6 heteroatoms. The number of nitrogens with zero attached hydrogens (tertiary/aromatic N) is 1. The van der Waals surface area contributed by atoms with Gasteiger partial charge in [-0.1, -0.05) is 37.3 Å². The molecule has 25 heavy (non-hydrogen) atoms. The summed E-state index contributed by atoms with van der Waals surface area (Å²) >= 11 is 1.51. The summed E-state index contributed by atoms with van der Waals surface area (Å²) in [5.74, 6) is 1.11. The number of aromatic nitrogens is 1. The summed E-state index contributed by atoms with van der Waals surface area (Å²) in [4.78, 5) is 17.6. The molecule has 5 nitrogen and oxygen atoms in total. The maximum Gasteiger partial charge on any atom is 0.310 e. The van der Waals surface area contributed by atoms with Crippen molar-refractivity contribution in [2.45, 2.75) is 39.2 Å². The summed E-state index contributed by atoms with van der Waals surface area (Å²) in [6.07, 6.45) is 3.37. The van der Waals surface area contributed by atoms with Crippen LogP contribution in [0.25, 0.3) is 0 Å². The van der Waals surface area contributed by atoms with E-state index in [0.29, 0.717) is 12.3 Å². The lowest BCUT2D eigenvalue weighted by Crippen LogP contribution is -2.19. The number of para-hydroxylation sites is 2. The molecule has 2 heterocycles. The lowest BCUT2D eigenvalue weighted by molar-refractivity contribution is -0.150. The van der Waals surface area contributed by atoms with Gasteiger partial charge in [-0.3, -0.25) is 4.79 Å². The van der Waals surface area contributed by atoms with Crippen molar-refractivity contribution < 1.29 is 14.3 Å². The zero-order chi connectivity index (χ0) is 18.0. The van der Waals surface area contributed by atoms with E-state index < -0.39 is 5.60 Å². The Bertz CT molecular complexity index is 759. The van der Waals surface area contributed by atoms with Crippen molar-refractivity contribution in [3.8, 4) is 5.75 Å². The van der Waals surface area contributed by atoms with Gasteiger partial charge in [0.2, 0.25) is 0 Å². The van der Waals surface area contributed by atoms with Crippen LogP contribution in [0.5, 0.6) is 5.75 Å². The van der Waals surface area contributed by atoms with Gasteiger partial charge in [-0.2, -0.15) is 0 Å². The Kier molecular flexibility index (Phi) is 4.99. The lowest BCUT2D eigenvalue weighted by Gasteiger charge is -2.20. The van der Waals surface area contributed by atoms with Gasteiger partial charge in [0.15, 0.2) is 5.13 Å². The van der Waals surface area contributed by atoms with Gasteiger partial charge in [-0.25, -0.2) is 4.98 Å². The number of nitrogens with one attached hydrogen (secondary N) is 1. The summed E-state index contributed by atoms with van der Waals surface area (Å²) < 4.78 is 11.1. The Morgan fingerprint density at radius 3 is 2.92 bits per heavy atom. The monoisotopic (exact) mass is 360 g/mol. The highest BCUT2D eigenvalue weighted by Gasteiger charge is 2.45. The summed E-state index contributed by atoms with van der Waals surface area (Å²) in [5, 5.41) is 4.03. The van der Waals surface area contributed by atoms with Crippen LogP contribution >= 0.6 is 11.3 Å². The molecule has 0 spiro atoms. The van der Waals surface area contributed by atoms with Gasteiger partial charge in [0.05, 0.1) is 23.6 Å². The fraction of sp³-hybridized carbons (Fsp3) is 0.474. The first-order chi connectivity index (χ1) is 11.9. The molecule has 0 radical (unpaired) electrons. The van der Waals surface area contributed by atoms with Gasteiger partial charge < -0.3 is 14.8 Å². The van der Waals surface area contributed by atoms with Gasteiger partial charge in [0, 0.05) is 12.6 Å². The van der Waals surface area contributed by atoms with Crippen LogP contribution in [0.15, 0.2) is 30.5 Å². The SMILES string of the molecule is COc1ccccc1Nc1ncc([C@@]2(C)C[C@@H](CC(C)C)C(=O)O2)s1. The number of cyclic esters (lactones) is 1. The second kappa shape index (κ2) is 7.04. The molecular weight excluding hydrogens is 336 g/mol. The first-order valence-electron chi connectivity index (χ1n) is 8.50. The average Bonchev–Trinajstić information content (AvgIpc) is 3.13. The van der Waals surface area contributed by atoms with Crippen molar-refractivity contribution in [1.29, 1.82) is 0 Å². The van der Waals surface area contributed by atoms with Crippen LogP contribution in [-0.4, -0.2) is 18.1 Å². The topological polar surface area (TPSA) is 60.5 Å². The van der Waals surface area contributed by atoms with Gasteiger partial charge in [0.25, 0.3) is 0 Å². The van der Waals surface area contributed by atoms with Crippen molar-refractivity contribution in [3.05, 3.63) is 35.3 Å². The fourth-order valence-corrected chi connectivity index (χ4v) is 4.16. The number of anilines is 2. The molecule has 0 bridgehead atoms. The van der Waals surface area contributed by atoms with Gasteiger partial charge in [0.1, 0.15) is 11.4 Å². The Morgan fingerprint density at radius 1 is 1.44 bits per heavy atom. The highest BCUT2D eigenvalue weighted by atomic mass is 32.1. The molecule has 1 aromatic carbocycles. The molecular formula is C19H24N2O3S. The number of esters is 1. The van der Waals surface area contributed by atoms with E-state index in [1.54, 1.807) is 13.3 Å². The van der Waals surface area contributed by atoms with E-state index in [2.05, 4.69) is 24.1 Å². The number of hydrogen-bond acceptors (Lipinski definition) is 6. The van der Waals surface area contributed by atoms with Crippen LogP contribution in [0.3, 0.4) is 0 Å². The predicted molar refractivity (Wildman–Crippen MR) is 99.4 cm³/mol. The second-order valence-electron chi connectivity index (χ2n) is 7.04. The third-order valence-corrected chi connectivity index (χ3v) is 5.58. The van der Waals surface area contributed by atoms with E-state index >= 15 is 0 Å². The van der Waals surface area contributed by atoms with Crippen molar-refractivity contribution in [1.82, 2.24) is 4.98 Å². The zero-order valence-corrected chi connectivity index (χ0v) is 15.9. The highest BCUT2D eigenvalue weighted by molar-refractivity contribution is 7.15. The molecule has 1 aliphatic rings. The quantitative estimate of drug-likeness (QED) is 0.755. The normalized spacial score (nSPS) is 22.9. The van der Waals surface area contributed by atoms with Crippen molar-refractivity contribution >= 4 is 28.1 Å². The molecule has 1 aliphatic heterocycles. The first-order valence-corrected chi connectivity index (χ1v) is 9.32. The minimum absolute atomic E-state index is 0.0299. The van der Waals surface area contributed by atoms with Crippen LogP contribution < -0.4 is 10.1 Å². The van der Waals surface area contributed by atoms with E-state index in [9.17, 15) is 4.79 Å². The van der Waals surface area contributed by atoms with Crippen LogP contribution in [0.1, 0.15) is 38.5 Å². The van der Waals surface area contributed by atoms with E-state index in [1.165, 1.54) is 11.3 Å². The van der Waals surface area contributed by atoms with Crippen LogP contribution in [0, 0.1) is 11.8 Å². The third kappa shape index (κ3) is 3.79. The van der Waals surface area contributed by atoms with E-state index in [-0.39, 0.29) is 11.9 Å². The Labute approximate surface area is 152 Å². The van der Waals surface area contributed by atoms with Crippen molar-refractivity contribution in [2.24, 2.45) is 11.8 Å². The van der Waals surface area contributed by atoms with Crippen molar-refractivity contribution in [3.63, 3.8) is 0 Å². The van der Waals surface area contributed by atoms with Crippen LogP contribution in [0.4, 0.5) is 10.8 Å². The number of carbonyl (C=O) groups is 1. The molecule has 0 unspecified atom stereocenters. The summed E-state index contributed by atoms with van der Waals surface area (Å²) in [5.41, 5.74) is 0.270. The second-order valence-corrected chi connectivity index (χ2v) is 8.07. The Morgan fingerprint density at radius 2 is 2.20 bits per heavy atom. The predicted octanol–water partition coefficient (Wildman–Crippen LogP) is 4.72. The standard InChI is InChI=1S/C19H24N2O3S/c1-12(2)9-13-10-19(3,24-17(13)22)16-11-20-18(25-16)21-14-7-5-6-8-15(14)23-4/h5-8,11-13H,9-10H2,1-4H3,(H,20,21)/t13-,19-/m1/s1. The number of ether oxygens (including phenoxy) is 2. The molecule has 0 aliphatic carbocycles. The molecule has 2 atom stereocenters. The summed E-state index contributed by atoms with van der Waals surface area (Å²) in [6, 6.07) is 7.70. The number of rotatable bonds is 6. The molecule has 134 valence electrons. The summed E-state index contributed by atoms with van der Waals surface area (Å²) in [6.45, 7) is 6.24. The smallest absolute Gasteiger partial charge is 0.310 e. The molecule has 2 aromatic rings. The van der Waals surface area contributed by atoms with E-state index in [1.807, 2.05) is 31.2 Å². The third-order valence-electron chi connectivity index (χ3n) is 4.43. The van der Waals surface area contributed by atoms with E-state index in [0.717, 1.165) is 27.9 Å². The minimum Gasteiger partial charge on any atom is -0.495 e. The largest absolute Gasteiger partial charge is 0.495 e. The number of methoxy groups -OCH3 is 1. The molecule has 1 aromatic heterocycles. The van der Waals surface area contributed by atoms with Crippen LogP contribution in [0.2, 0.25) is 0 Å².